The highest BCUT2D eigenvalue weighted by atomic mass is 32.2. The summed E-state index contributed by atoms with van der Waals surface area (Å²) in [5.41, 5.74) is -0.565. The van der Waals surface area contributed by atoms with E-state index in [4.69, 9.17) is 0 Å². The summed E-state index contributed by atoms with van der Waals surface area (Å²) >= 11 is 0. The number of amidine groups is 1. The third-order valence-corrected chi connectivity index (χ3v) is 5.67. The second-order valence-electron chi connectivity index (χ2n) is 5.33. The van der Waals surface area contributed by atoms with Crippen molar-refractivity contribution in [2.45, 2.75) is 36.6 Å². The maximum absolute atomic E-state index is 12.1. The summed E-state index contributed by atoms with van der Waals surface area (Å²) in [5.74, 6) is -0.653. The van der Waals surface area contributed by atoms with Gasteiger partial charge in [0.05, 0.1) is 0 Å². The van der Waals surface area contributed by atoms with Gasteiger partial charge in [-0.15, -0.1) is 4.40 Å². The summed E-state index contributed by atoms with van der Waals surface area (Å²) in [6.07, 6.45) is 1.62. The van der Waals surface area contributed by atoms with Gasteiger partial charge in [-0.3, -0.25) is 0 Å². The second-order valence-corrected chi connectivity index (χ2v) is 6.90. The van der Waals surface area contributed by atoms with Gasteiger partial charge in [0.2, 0.25) is 0 Å². The fourth-order valence-electron chi connectivity index (χ4n) is 3.21. The molecule has 2 heterocycles. The van der Waals surface area contributed by atoms with Crippen LogP contribution >= 0.6 is 0 Å². The number of carbonyl (C=O) groups is 1. The summed E-state index contributed by atoms with van der Waals surface area (Å²) in [7, 11) is -3.72. The molecule has 0 spiro atoms. The van der Waals surface area contributed by atoms with Gasteiger partial charge in [-0.1, -0.05) is 19.1 Å². The van der Waals surface area contributed by atoms with Gasteiger partial charge in [-0.2, -0.15) is 8.42 Å². The lowest BCUT2D eigenvalue weighted by Crippen LogP contribution is -2.52. The topological polar surface area (TPSA) is 87.0 Å². The van der Waals surface area contributed by atoms with Crippen molar-refractivity contribution in [2.24, 2.45) is 4.40 Å². The smallest absolute Gasteiger partial charge is 0.329 e. The summed E-state index contributed by atoms with van der Waals surface area (Å²) in [6.45, 7) is 2.31. The van der Waals surface area contributed by atoms with E-state index in [1.165, 1.54) is 6.07 Å². The third-order valence-electron chi connectivity index (χ3n) is 4.34. The number of benzene rings is 1. The van der Waals surface area contributed by atoms with E-state index >= 15 is 0 Å². The Morgan fingerprint density at radius 2 is 2.14 bits per heavy atom. The van der Waals surface area contributed by atoms with Crippen LogP contribution < -0.4 is 0 Å². The van der Waals surface area contributed by atoms with Crippen LogP contribution in [0.3, 0.4) is 0 Å². The number of fused-ring (bicyclic) bond motifs is 1. The molecular formula is C14H16N2O4S. The summed E-state index contributed by atoms with van der Waals surface area (Å²) in [6, 6.07) is 6.56. The zero-order valence-corrected chi connectivity index (χ0v) is 12.4. The fraction of sp³-hybridized carbons (Fsp3) is 0.429. The van der Waals surface area contributed by atoms with E-state index < -0.39 is 21.5 Å². The molecule has 1 N–H and O–H groups in total. The molecule has 1 atom stereocenters. The molecule has 6 nitrogen and oxygen atoms in total. The third kappa shape index (κ3) is 1.87. The van der Waals surface area contributed by atoms with Crippen LogP contribution in [-0.4, -0.2) is 42.3 Å². The molecule has 2 aliphatic rings. The van der Waals surface area contributed by atoms with Crippen LogP contribution in [0.1, 0.15) is 31.7 Å². The molecule has 112 valence electrons. The highest BCUT2D eigenvalue weighted by molar-refractivity contribution is 7.90. The monoisotopic (exact) mass is 308 g/mol. The average molecular weight is 308 g/mol. The van der Waals surface area contributed by atoms with Crippen molar-refractivity contribution in [3.8, 4) is 0 Å². The number of nitrogens with zero attached hydrogens (tertiary/aromatic N) is 2. The lowest BCUT2D eigenvalue weighted by molar-refractivity contribution is -0.147. The predicted molar refractivity (Wildman–Crippen MR) is 76.8 cm³/mol. The molecule has 21 heavy (non-hydrogen) atoms. The van der Waals surface area contributed by atoms with E-state index in [0.717, 1.165) is 0 Å². The summed E-state index contributed by atoms with van der Waals surface area (Å²) in [4.78, 5) is 13.6. The average Bonchev–Trinajstić information content (AvgIpc) is 2.99. The molecule has 0 aliphatic carbocycles. The Morgan fingerprint density at radius 1 is 1.43 bits per heavy atom. The van der Waals surface area contributed by atoms with Crippen molar-refractivity contribution < 1.29 is 18.3 Å². The van der Waals surface area contributed by atoms with E-state index in [1.54, 1.807) is 23.1 Å². The predicted octanol–water partition coefficient (Wildman–Crippen LogP) is 1.46. The Bertz CT molecular complexity index is 741. The van der Waals surface area contributed by atoms with Gasteiger partial charge in [-0.25, -0.2) is 4.79 Å². The zero-order chi connectivity index (χ0) is 15.3. The maximum Gasteiger partial charge on any atom is 0.329 e. The molecule has 1 aromatic carbocycles. The molecule has 1 saturated heterocycles. The number of rotatable bonds is 2. The van der Waals surface area contributed by atoms with E-state index in [9.17, 15) is 18.3 Å². The minimum absolute atomic E-state index is 0.155. The van der Waals surface area contributed by atoms with Gasteiger partial charge < -0.3 is 10.0 Å². The summed E-state index contributed by atoms with van der Waals surface area (Å²) < 4.78 is 28.1. The molecule has 0 bridgehead atoms. The van der Waals surface area contributed by atoms with Gasteiger partial charge >= 0.3 is 5.97 Å². The van der Waals surface area contributed by atoms with Gasteiger partial charge in [0.15, 0.2) is 5.84 Å². The van der Waals surface area contributed by atoms with E-state index in [2.05, 4.69) is 4.40 Å². The Hall–Kier alpha value is -1.89. The highest BCUT2D eigenvalue weighted by Crippen LogP contribution is 2.38. The van der Waals surface area contributed by atoms with E-state index in [1.807, 2.05) is 6.92 Å². The lowest BCUT2D eigenvalue weighted by Gasteiger charge is -2.35. The van der Waals surface area contributed by atoms with Gasteiger partial charge in [0.25, 0.3) is 10.0 Å². The van der Waals surface area contributed by atoms with Crippen LogP contribution in [0.15, 0.2) is 33.6 Å². The number of carboxylic acids is 1. The molecule has 1 fully saturated rings. The first-order chi connectivity index (χ1) is 9.92. The minimum atomic E-state index is -3.72. The molecule has 2 aliphatic heterocycles. The first kappa shape index (κ1) is 14.1. The van der Waals surface area contributed by atoms with Crippen molar-refractivity contribution in [3.63, 3.8) is 0 Å². The Balaban J connectivity index is 2.16. The normalized spacial score (nSPS) is 26.5. The van der Waals surface area contributed by atoms with E-state index in [-0.39, 0.29) is 10.7 Å². The lowest BCUT2D eigenvalue weighted by atomic mass is 9.92. The van der Waals surface area contributed by atoms with Crippen LogP contribution in [0.5, 0.6) is 0 Å². The Kier molecular flexibility index (Phi) is 3.05. The first-order valence-electron chi connectivity index (χ1n) is 6.88. The van der Waals surface area contributed by atoms with Crippen molar-refractivity contribution >= 4 is 21.8 Å². The largest absolute Gasteiger partial charge is 0.479 e. The standard InChI is InChI=1S/C14H16N2O4S/c1-2-14(13(17)18)8-5-9-16(14)12-10-6-3-4-7-11(10)21(19,20)15-12/h3-4,6-7H,2,5,8-9H2,1H3,(H,17,18). The Labute approximate surface area is 123 Å². The molecule has 0 saturated carbocycles. The maximum atomic E-state index is 12.1. The van der Waals surface area contributed by atoms with Crippen LogP contribution in [0.25, 0.3) is 0 Å². The fourth-order valence-corrected chi connectivity index (χ4v) is 4.42. The molecule has 1 unspecified atom stereocenters. The number of sulfonamides is 1. The number of hydrogen-bond donors (Lipinski definition) is 1. The zero-order valence-electron chi connectivity index (χ0n) is 11.6. The quantitative estimate of drug-likeness (QED) is 0.894. The van der Waals surface area contributed by atoms with Crippen LogP contribution in [-0.2, 0) is 14.8 Å². The van der Waals surface area contributed by atoms with Crippen LogP contribution in [0.2, 0.25) is 0 Å². The van der Waals surface area contributed by atoms with Gasteiger partial charge in [-0.05, 0) is 31.4 Å². The van der Waals surface area contributed by atoms with Crippen LogP contribution in [0, 0.1) is 0 Å². The van der Waals surface area contributed by atoms with Crippen molar-refractivity contribution in [2.75, 3.05) is 6.54 Å². The molecular weight excluding hydrogens is 292 g/mol. The van der Waals surface area contributed by atoms with Crippen molar-refractivity contribution in [1.29, 1.82) is 0 Å². The molecule has 1 aromatic rings. The number of carboxylic acid groups (broad SMARTS) is 1. The minimum Gasteiger partial charge on any atom is -0.479 e. The molecule has 7 heteroatoms. The summed E-state index contributed by atoms with van der Waals surface area (Å²) in [5, 5.41) is 9.63. The van der Waals surface area contributed by atoms with Crippen LogP contribution in [0.4, 0.5) is 0 Å². The second kappa shape index (κ2) is 4.56. The van der Waals surface area contributed by atoms with E-state index in [0.29, 0.717) is 31.4 Å². The molecule has 0 aromatic heterocycles. The van der Waals surface area contributed by atoms with Crippen molar-refractivity contribution in [1.82, 2.24) is 4.90 Å². The van der Waals surface area contributed by atoms with Crippen molar-refractivity contribution in [3.05, 3.63) is 29.8 Å². The SMILES string of the molecule is CCC1(C(=O)O)CCCN1C1=NS(=O)(=O)c2ccccc21. The molecule has 0 radical (unpaired) electrons. The van der Waals surface area contributed by atoms with Gasteiger partial charge in [0, 0.05) is 12.1 Å². The molecule has 0 amide bonds. The molecule has 3 rings (SSSR count). The number of likely N-dealkylation sites (tertiary alicyclic amines) is 1. The van der Waals surface area contributed by atoms with Gasteiger partial charge in [0.1, 0.15) is 10.4 Å². The number of hydrogen-bond acceptors (Lipinski definition) is 4. The number of aliphatic carboxylic acids is 1. The first-order valence-corrected chi connectivity index (χ1v) is 8.32. The Morgan fingerprint density at radius 3 is 2.81 bits per heavy atom. The highest BCUT2D eigenvalue weighted by Gasteiger charge is 2.49.